The average molecular weight is 692 g/mol. The lowest BCUT2D eigenvalue weighted by atomic mass is 9.82. The lowest BCUT2D eigenvalue weighted by molar-refractivity contribution is -0.118. The predicted octanol–water partition coefficient (Wildman–Crippen LogP) is 6.43. The van der Waals surface area contributed by atoms with Crippen LogP contribution in [0.5, 0.6) is 5.75 Å². The number of anilines is 2. The summed E-state index contributed by atoms with van der Waals surface area (Å²) in [4.78, 5) is 40.5. The van der Waals surface area contributed by atoms with Gasteiger partial charge in [-0.05, 0) is 74.3 Å². The van der Waals surface area contributed by atoms with Crippen molar-refractivity contribution < 1.29 is 33.7 Å². The molecular formula is C38H49N3O7S. The predicted molar refractivity (Wildman–Crippen MR) is 194 cm³/mol. The minimum Gasteiger partial charge on any atom is -0.496 e. The van der Waals surface area contributed by atoms with Gasteiger partial charge in [0.15, 0.2) is 0 Å². The molecule has 4 bridgehead atoms. The molecule has 0 aromatic heterocycles. The van der Waals surface area contributed by atoms with Gasteiger partial charge in [0.2, 0.25) is 11.8 Å². The number of hydrogen-bond acceptors (Lipinski definition) is 8. The van der Waals surface area contributed by atoms with Crippen LogP contribution in [0.25, 0.3) is 11.1 Å². The number of nitrogens with zero attached hydrogens (tertiary/aromatic N) is 1. The second-order valence-electron chi connectivity index (χ2n) is 13.9. The van der Waals surface area contributed by atoms with Crippen LogP contribution in [0, 0.1) is 11.8 Å². The maximum atomic E-state index is 13.9. The number of epoxide rings is 1. The number of allylic oxidation sites excluding steroid dienone is 3. The molecule has 0 saturated carbocycles. The van der Waals surface area contributed by atoms with Crippen molar-refractivity contribution in [2.24, 2.45) is 11.8 Å². The number of methoxy groups -OCH3 is 1. The van der Waals surface area contributed by atoms with Crippen molar-refractivity contribution in [2.75, 3.05) is 30.1 Å². The Bertz CT molecular complexity index is 1630. The molecule has 6 atom stereocenters. The van der Waals surface area contributed by atoms with E-state index >= 15 is 0 Å². The van der Waals surface area contributed by atoms with E-state index in [9.17, 15) is 19.5 Å². The molecule has 0 unspecified atom stereocenters. The molecule has 0 aliphatic carbocycles. The zero-order valence-electron chi connectivity index (χ0n) is 29.2. The summed E-state index contributed by atoms with van der Waals surface area (Å²) < 4.78 is 17.8. The van der Waals surface area contributed by atoms with Gasteiger partial charge in [0.1, 0.15) is 17.6 Å². The van der Waals surface area contributed by atoms with E-state index < -0.39 is 29.4 Å². The van der Waals surface area contributed by atoms with Crippen LogP contribution in [-0.2, 0) is 25.5 Å². The second-order valence-corrected chi connectivity index (χ2v) is 14.3. The van der Waals surface area contributed by atoms with Gasteiger partial charge in [-0.25, -0.2) is 4.79 Å². The van der Waals surface area contributed by atoms with Crippen LogP contribution < -0.4 is 20.3 Å². The van der Waals surface area contributed by atoms with Crippen molar-refractivity contribution in [2.45, 2.75) is 89.8 Å². The maximum absolute atomic E-state index is 13.9. The van der Waals surface area contributed by atoms with Crippen molar-refractivity contribution in [3.05, 3.63) is 65.8 Å². The normalized spacial score (nSPS) is 30.6. The molecule has 2 saturated heterocycles. The van der Waals surface area contributed by atoms with Gasteiger partial charge in [0.25, 0.3) is 0 Å². The molecule has 264 valence electrons. The number of thiol groups is 1. The molecule has 49 heavy (non-hydrogen) atoms. The number of rotatable bonds is 6. The Balaban J connectivity index is 1.51. The largest absolute Gasteiger partial charge is 0.496 e. The fourth-order valence-corrected chi connectivity index (χ4v) is 7.05. The summed E-state index contributed by atoms with van der Waals surface area (Å²) in [6, 6.07) is 11.6. The van der Waals surface area contributed by atoms with Gasteiger partial charge in [-0.15, -0.1) is 0 Å². The van der Waals surface area contributed by atoms with Gasteiger partial charge in [-0.2, -0.15) is 12.6 Å². The molecule has 3 aliphatic rings. The van der Waals surface area contributed by atoms with E-state index in [-0.39, 0.29) is 36.7 Å². The standard InChI is InChI=1S/C38H49N3O7S/c1-23-9-7-10-24(2)38(45)22-31(47-36(44)40-38)25(3)35-37(4,48-35)17-16-33(43)41(5)29-20-26(19-23)21-30(46-6)34(29)27-12-14-28(15-13-27)39-32(42)11-8-18-49/h7,9-10,12-15,20-21,24-25,31,35,45,49H,8,11,16-19,22H2,1-6H3,(H,39,42)(H,40,44)/b10-7+,23-9+/t24-,25-,31+,35+,37+,38+/m1/s1. The molecule has 2 aromatic carbocycles. The van der Waals surface area contributed by atoms with Crippen molar-refractivity contribution >= 4 is 41.9 Å². The van der Waals surface area contributed by atoms with Crippen LogP contribution in [0.2, 0.25) is 0 Å². The molecule has 3 heterocycles. The number of nitrogens with one attached hydrogen (secondary N) is 2. The Hall–Kier alpha value is -3.80. The number of alkyl carbamates (subject to hydrolysis) is 1. The zero-order chi connectivity index (χ0) is 35.5. The smallest absolute Gasteiger partial charge is 0.409 e. The summed E-state index contributed by atoms with van der Waals surface area (Å²) in [5.74, 6) is 0.537. The first-order chi connectivity index (χ1) is 23.3. The highest BCUT2D eigenvalue weighted by molar-refractivity contribution is 7.80. The van der Waals surface area contributed by atoms with Crippen molar-refractivity contribution in [1.29, 1.82) is 0 Å². The number of hydrogen-bond donors (Lipinski definition) is 4. The summed E-state index contributed by atoms with van der Waals surface area (Å²) >= 11 is 4.19. The topological polar surface area (TPSA) is 130 Å². The molecular weight excluding hydrogens is 642 g/mol. The van der Waals surface area contributed by atoms with E-state index in [4.69, 9.17) is 14.2 Å². The monoisotopic (exact) mass is 691 g/mol. The number of carbonyl (C=O) groups excluding carboxylic acids is 3. The quantitative estimate of drug-likeness (QED) is 0.203. The van der Waals surface area contributed by atoms with Crippen molar-refractivity contribution in [3.8, 4) is 16.9 Å². The molecule has 10 nitrogen and oxygen atoms in total. The lowest BCUT2D eigenvalue weighted by Gasteiger charge is -2.41. The van der Waals surface area contributed by atoms with E-state index in [0.29, 0.717) is 48.6 Å². The Morgan fingerprint density at radius 1 is 1.20 bits per heavy atom. The lowest BCUT2D eigenvalue weighted by Crippen LogP contribution is -2.60. The minimum atomic E-state index is -1.48. The summed E-state index contributed by atoms with van der Waals surface area (Å²) in [7, 11) is 3.40. The Labute approximate surface area is 294 Å². The van der Waals surface area contributed by atoms with E-state index in [1.807, 2.05) is 82.3 Å². The zero-order valence-corrected chi connectivity index (χ0v) is 30.1. The number of benzene rings is 2. The fraction of sp³-hybridized carbons (Fsp3) is 0.500. The third kappa shape index (κ3) is 8.33. The van der Waals surface area contributed by atoms with Gasteiger partial charge < -0.3 is 29.5 Å². The first kappa shape index (κ1) is 36.5. The first-order valence-electron chi connectivity index (χ1n) is 17.0. The van der Waals surface area contributed by atoms with Gasteiger partial charge >= 0.3 is 6.09 Å². The van der Waals surface area contributed by atoms with E-state index in [1.165, 1.54) is 0 Å². The summed E-state index contributed by atoms with van der Waals surface area (Å²) in [6.07, 6.45) is 6.93. The van der Waals surface area contributed by atoms with Crippen molar-refractivity contribution in [3.63, 3.8) is 0 Å². The number of ether oxygens (including phenoxy) is 3. The van der Waals surface area contributed by atoms with Crippen LogP contribution in [0.3, 0.4) is 0 Å². The number of aliphatic hydroxyl groups is 1. The van der Waals surface area contributed by atoms with Gasteiger partial charge in [0, 0.05) is 49.4 Å². The Morgan fingerprint density at radius 3 is 2.63 bits per heavy atom. The van der Waals surface area contributed by atoms with Gasteiger partial charge in [-0.3, -0.25) is 14.9 Å². The summed E-state index contributed by atoms with van der Waals surface area (Å²) in [6.45, 7) is 7.83. The second kappa shape index (κ2) is 15.0. The molecule has 3 N–H and O–H groups in total. The minimum absolute atomic E-state index is 0.0642. The molecule has 0 radical (unpaired) electrons. The van der Waals surface area contributed by atoms with Gasteiger partial charge in [0.05, 0.1) is 24.5 Å². The number of carbonyl (C=O) groups is 3. The van der Waals surface area contributed by atoms with Crippen LogP contribution >= 0.6 is 12.6 Å². The highest BCUT2D eigenvalue weighted by Gasteiger charge is 2.58. The van der Waals surface area contributed by atoms with Crippen LogP contribution in [0.1, 0.15) is 65.4 Å². The third-order valence-electron chi connectivity index (χ3n) is 10.1. The molecule has 2 aromatic rings. The number of amides is 3. The average Bonchev–Trinajstić information content (AvgIpc) is 3.75. The van der Waals surface area contributed by atoms with E-state index in [1.54, 1.807) is 19.1 Å². The van der Waals surface area contributed by atoms with E-state index in [0.717, 1.165) is 22.3 Å². The molecule has 0 spiro atoms. The first-order valence-corrected chi connectivity index (χ1v) is 17.6. The SMILES string of the molecule is COc1cc2cc(c1-c1ccc(NC(=O)CCCS)cc1)N(C)C(=O)CC[C@]1(C)O[C@H]1[C@H](C)[C@@H]1C[C@@](O)(NC(=O)O1)[C@H](C)/C=C/C=C(\C)C2. The molecule has 3 amide bonds. The fourth-order valence-electron chi connectivity index (χ4n) is 6.89. The molecule has 2 fully saturated rings. The van der Waals surface area contributed by atoms with Crippen LogP contribution in [-0.4, -0.2) is 66.5 Å². The van der Waals surface area contributed by atoms with Crippen LogP contribution in [0.4, 0.5) is 16.2 Å². The molecule has 11 heteroatoms. The highest BCUT2D eigenvalue weighted by Crippen LogP contribution is 2.48. The van der Waals surface area contributed by atoms with Gasteiger partial charge in [-0.1, -0.05) is 49.8 Å². The molecule has 5 rings (SSSR count). The number of fused-ring (bicyclic) bond motifs is 5. The van der Waals surface area contributed by atoms with Crippen molar-refractivity contribution in [1.82, 2.24) is 5.32 Å². The van der Waals surface area contributed by atoms with Crippen LogP contribution in [0.15, 0.2) is 60.2 Å². The Kier molecular flexibility index (Phi) is 11.2. The van der Waals surface area contributed by atoms with E-state index in [2.05, 4.69) is 23.3 Å². The highest BCUT2D eigenvalue weighted by atomic mass is 32.1. The summed E-state index contributed by atoms with van der Waals surface area (Å²) in [5.41, 5.74) is 2.96. The summed E-state index contributed by atoms with van der Waals surface area (Å²) in [5, 5.41) is 17.1. The third-order valence-corrected chi connectivity index (χ3v) is 10.4. The maximum Gasteiger partial charge on any atom is 0.409 e. The Morgan fingerprint density at radius 2 is 1.94 bits per heavy atom. The molecule has 3 aliphatic heterocycles.